The first-order valence-corrected chi connectivity index (χ1v) is 6.59. The highest BCUT2D eigenvalue weighted by Gasteiger charge is 2.21. The summed E-state index contributed by atoms with van der Waals surface area (Å²) in [5, 5.41) is 14.3. The fraction of sp³-hybridized carbons (Fsp3) is 0.615. The molecule has 0 bridgehead atoms. The molecule has 0 aliphatic rings. The maximum absolute atomic E-state index is 11.6. The van der Waals surface area contributed by atoms with Crippen LogP contribution in [0.2, 0.25) is 0 Å². The van der Waals surface area contributed by atoms with Crippen LogP contribution in [-0.2, 0) is 9.59 Å². The van der Waals surface area contributed by atoms with Gasteiger partial charge >= 0.3 is 5.70 Å². The van der Waals surface area contributed by atoms with E-state index in [1.807, 2.05) is 0 Å². The number of hydrazine groups is 1. The van der Waals surface area contributed by atoms with E-state index in [0.717, 1.165) is 12.4 Å². The van der Waals surface area contributed by atoms with Gasteiger partial charge in [-0.2, -0.15) is 5.10 Å². The first-order chi connectivity index (χ1) is 9.85. The van der Waals surface area contributed by atoms with Crippen molar-refractivity contribution >= 4 is 18.0 Å². The summed E-state index contributed by atoms with van der Waals surface area (Å²) >= 11 is 0. The summed E-state index contributed by atoms with van der Waals surface area (Å²) in [5.74, 6) is -0.704. The highest BCUT2D eigenvalue weighted by Crippen LogP contribution is 2.12. The Morgan fingerprint density at radius 1 is 1.05 bits per heavy atom. The molecule has 9 heteroatoms. The molecule has 0 spiro atoms. The molecule has 9 nitrogen and oxygen atoms in total. The van der Waals surface area contributed by atoms with E-state index in [-0.39, 0.29) is 11.8 Å². The van der Waals surface area contributed by atoms with Crippen LogP contribution in [0.3, 0.4) is 0 Å². The minimum Gasteiger partial charge on any atom is -0.299 e. The Morgan fingerprint density at radius 2 is 1.55 bits per heavy atom. The Labute approximate surface area is 129 Å². The van der Waals surface area contributed by atoms with Gasteiger partial charge in [0, 0.05) is 10.8 Å². The Bertz CT molecular complexity index is 498. The minimum absolute atomic E-state index is 0.329. The fourth-order valence-electron chi connectivity index (χ4n) is 0.825. The molecule has 22 heavy (non-hydrogen) atoms. The largest absolute Gasteiger partial charge is 0.306 e. The number of amides is 2. The van der Waals surface area contributed by atoms with Crippen molar-refractivity contribution in [2.45, 2.75) is 41.5 Å². The van der Waals surface area contributed by atoms with Crippen LogP contribution in [0.5, 0.6) is 0 Å². The summed E-state index contributed by atoms with van der Waals surface area (Å²) < 4.78 is 0. The number of nitro groups is 1. The maximum Gasteiger partial charge on any atom is 0.306 e. The lowest BCUT2D eigenvalue weighted by atomic mass is 9.96. The monoisotopic (exact) mass is 313 g/mol. The van der Waals surface area contributed by atoms with Crippen LogP contribution < -0.4 is 16.3 Å². The highest BCUT2D eigenvalue weighted by atomic mass is 16.6. The molecule has 3 N–H and O–H groups in total. The highest BCUT2D eigenvalue weighted by molar-refractivity contribution is 5.83. The molecule has 0 aromatic heterocycles. The van der Waals surface area contributed by atoms with Crippen molar-refractivity contribution in [2.75, 3.05) is 0 Å². The zero-order chi connectivity index (χ0) is 17.6. The van der Waals surface area contributed by atoms with Crippen molar-refractivity contribution in [3.8, 4) is 0 Å². The molecule has 124 valence electrons. The number of hydrazone groups is 1. The summed E-state index contributed by atoms with van der Waals surface area (Å²) in [6, 6.07) is 0. The van der Waals surface area contributed by atoms with E-state index in [2.05, 4.69) is 21.4 Å². The van der Waals surface area contributed by atoms with Gasteiger partial charge in [-0.3, -0.25) is 30.6 Å². The first kappa shape index (κ1) is 19.6. The van der Waals surface area contributed by atoms with Crippen molar-refractivity contribution in [3.05, 3.63) is 22.0 Å². The lowest BCUT2D eigenvalue weighted by Gasteiger charge is -2.16. The molecule has 0 aromatic rings. The van der Waals surface area contributed by atoms with Gasteiger partial charge in [0.15, 0.2) is 0 Å². The molecule has 0 rings (SSSR count). The van der Waals surface area contributed by atoms with Gasteiger partial charge in [-0.1, -0.05) is 41.5 Å². The van der Waals surface area contributed by atoms with E-state index in [9.17, 15) is 19.7 Å². The normalized spacial score (nSPS) is 12.9. The molecule has 0 aromatic carbocycles. The van der Waals surface area contributed by atoms with Crippen molar-refractivity contribution < 1.29 is 14.5 Å². The summed E-state index contributed by atoms with van der Waals surface area (Å²) in [5.41, 5.74) is 5.13. The Balaban J connectivity index is 4.68. The van der Waals surface area contributed by atoms with Gasteiger partial charge in [0.1, 0.15) is 6.21 Å². The van der Waals surface area contributed by atoms with Crippen LogP contribution in [0, 0.1) is 20.9 Å². The average Bonchev–Trinajstić information content (AvgIpc) is 2.33. The molecule has 0 heterocycles. The van der Waals surface area contributed by atoms with E-state index in [1.165, 1.54) is 0 Å². The number of hydrogen-bond donors (Lipinski definition) is 3. The second-order valence-electron chi connectivity index (χ2n) is 6.62. The zero-order valence-corrected chi connectivity index (χ0v) is 13.7. The van der Waals surface area contributed by atoms with E-state index in [4.69, 9.17) is 0 Å². The van der Waals surface area contributed by atoms with Crippen molar-refractivity contribution in [1.29, 1.82) is 0 Å². The van der Waals surface area contributed by atoms with Crippen LogP contribution in [0.4, 0.5) is 0 Å². The molecular weight excluding hydrogens is 290 g/mol. The maximum atomic E-state index is 11.6. The van der Waals surface area contributed by atoms with Crippen LogP contribution >= 0.6 is 0 Å². The Morgan fingerprint density at radius 3 is 1.95 bits per heavy atom. The standard InChI is InChI=1S/C13H23N5O4/c1-12(2,3)10(19)16-14-7-9(18(21)22)8-15-17-11(20)13(4,5)6/h7-8,14H,1-6H3,(H,16,19)(H,17,20)/b9-7+,15-8+. The molecule has 0 atom stereocenters. The molecule has 0 unspecified atom stereocenters. The quantitative estimate of drug-likeness (QED) is 0.395. The molecule has 0 saturated heterocycles. The first-order valence-electron chi connectivity index (χ1n) is 6.59. The predicted molar refractivity (Wildman–Crippen MR) is 81.9 cm³/mol. The predicted octanol–water partition coefficient (Wildman–Crippen LogP) is 0.919. The Hall–Kier alpha value is -2.45. The number of hydrogen-bond acceptors (Lipinski definition) is 6. The van der Waals surface area contributed by atoms with Gasteiger partial charge in [0.2, 0.25) is 11.8 Å². The third-order valence-electron chi connectivity index (χ3n) is 2.34. The topological polar surface area (TPSA) is 126 Å². The van der Waals surface area contributed by atoms with Crippen molar-refractivity contribution in [3.63, 3.8) is 0 Å². The van der Waals surface area contributed by atoms with Crippen LogP contribution in [0.25, 0.3) is 0 Å². The van der Waals surface area contributed by atoms with Crippen molar-refractivity contribution in [1.82, 2.24) is 16.3 Å². The third kappa shape index (κ3) is 7.36. The molecule has 0 aliphatic heterocycles. The molecular formula is C13H23N5O4. The molecule has 0 fully saturated rings. The van der Waals surface area contributed by atoms with Gasteiger partial charge < -0.3 is 0 Å². The minimum atomic E-state index is -0.705. The SMILES string of the molecule is CC(C)(C)C(=O)N/N=C/C(=C\NNC(=O)C(C)(C)C)[N+](=O)[O-]. The van der Waals surface area contributed by atoms with Crippen molar-refractivity contribution in [2.24, 2.45) is 15.9 Å². The number of rotatable bonds is 5. The number of carbonyl (C=O) groups excluding carboxylic acids is 2. The van der Waals surface area contributed by atoms with Gasteiger partial charge in [0.25, 0.3) is 0 Å². The van der Waals surface area contributed by atoms with Gasteiger partial charge in [-0.15, -0.1) is 0 Å². The number of nitrogens with one attached hydrogen (secondary N) is 3. The summed E-state index contributed by atoms with van der Waals surface area (Å²) in [6.07, 6.45) is 1.84. The molecule has 0 saturated carbocycles. The molecule has 2 amide bonds. The average molecular weight is 313 g/mol. The zero-order valence-electron chi connectivity index (χ0n) is 13.7. The van der Waals surface area contributed by atoms with Crippen LogP contribution in [0.15, 0.2) is 17.0 Å². The molecule has 0 radical (unpaired) electrons. The smallest absolute Gasteiger partial charge is 0.299 e. The second-order valence-corrected chi connectivity index (χ2v) is 6.62. The number of allylic oxidation sites excluding steroid dienone is 1. The second kappa shape index (κ2) is 7.53. The summed E-state index contributed by atoms with van der Waals surface area (Å²) in [7, 11) is 0. The third-order valence-corrected chi connectivity index (χ3v) is 2.34. The number of nitrogens with zero attached hydrogens (tertiary/aromatic N) is 2. The van der Waals surface area contributed by atoms with E-state index in [0.29, 0.717) is 0 Å². The summed E-state index contributed by atoms with van der Waals surface area (Å²) in [6.45, 7) is 10.2. The van der Waals surface area contributed by atoms with E-state index >= 15 is 0 Å². The van der Waals surface area contributed by atoms with Crippen LogP contribution in [0.1, 0.15) is 41.5 Å². The van der Waals surface area contributed by atoms with E-state index < -0.39 is 21.5 Å². The van der Waals surface area contributed by atoms with Gasteiger partial charge in [-0.05, 0) is 0 Å². The Kier molecular flexibility index (Phi) is 6.69. The lowest BCUT2D eigenvalue weighted by Crippen LogP contribution is -2.41. The molecule has 0 aliphatic carbocycles. The lowest BCUT2D eigenvalue weighted by molar-refractivity contribution is -0.414. The van der Waals surface area contributed by atoms with E-state index in [1.54, 1.807) is 41.5 Å². The van der Waals surface area contributed by atoms with Crippen LogP contribution in [-0.4, -0.2) is 23.0 Å². The van der Waals surface area contributed by atoms with Gasteiger partial charge in [-0.25, -0.2) is 5.43 Å². The number of carbonyl (C=O) groups is 2. The van der Waals surface area contributed by atoms with Gasteiger partial charge in [0.05, 0.1) is 11.1 Å². The summed E-state index contributed by atoms with van der Waals surface area (Å²) in [4.78, 5) is 33.2. The fourth-order valence-corrected chi connectivity index (χ4v) is 0.825.